The van der Waals surface area contributed by atoms with Crippen LogP contribution in [0.3, 0.4) is 0 Å². The average molecular weight is 254 g/mol. The first kappa shape index (κ1) is 14.2. The van der Waals surface area contributed by atoms with Crippen molar-refractivity contribution in [3.8, 4) is 0 Å². The van der Waals surface area contributed by atoms with Crippen LogP contribution in [0.4, 0.5) is 13.2 Å². The van der Waals surface area contributed by atoms with E-state index in [1.54, 1.807) is 0 Å². The van der Waals surface area contributed by atoms with Gasteiger partial charge in [-0.05, 0) is 12.8 Å². The molecule has 0 spiro atoms. The fraction of sp³-hybridized carbons (Fsp3) is 0.900. The minimum atomic E-state index is -4.30. The molecule has 0 aliphatic heterocycles. The van der Waals surface area contributed by atoms with Crippen LogP contribution < -0.4 is 10.6 Å². The van der Waals surface area contributed by atoms with Gasteiger partial charge in [0, 0.05) is 12.5 Å². The number of hydrogen-bond acceptors (Lipinski definition) is 3. The molecule has 17 heavy (non-hydrogen) atoms. The molecule has 1 aliphatic carbocycles. The molecule has 2 atom stereocenters. The van der Waals surface area contributed by atoms with Gasteiger partial charge in [0.25, 0.3) is 0 Å². The molecule has 3 N–H and O–H groups in total. The van der Waals surface area contributed by atoms with Crippen LogP contribution in [0.2, 0.25) is 0 Å². The second kappa shape index (κ2) is 6.20. The fourth-order valence-corrected chi connectivity index (χ4v) is 1.88. The summed E-state index contributed by atoms with van der Waals surface area (Å²) in [5, 5.41) is 14.0. The predicted octanol–water partition coefficient (Wildman–Crippen LogP) is 0.416. The smallest absolute Gasteiger partial charge is 0.393 e. The normalized spacial score (nSPS) is 24.9. The van der Waals surface area contributed by atoms with Crippen molar-refractivity contribution in [2.45, 2.75) is 31.5 Å². The van der Waals surface area contributed by atoms with E-state index in [0.29, 0.717) is 6.54 Å². The number of halogens is 3. The van der Waals surface area contributed by atoms with Crippen molar-refractivity contribution in [2.24, 2.45) is 5.92 Å². The van der Waals surface area contributed by atoms with Crippen molar-refractivity contribution in [3.63, 3.8) is 0 Å². The molecule has 0 aromatic carbocycles. The summed E-state index contributed by atoms with van der Waals surface area (Å²) in [7, 11) is 0. The van der Waals surface area contributed by atoms with E-state index in [4.69, 9.17) is 0 Å². The van der Waals surface area contributed by atoms with Crippen LogP contribution in [0.25, 0.3) is 0 Å². The number of nitrogens with one attached hydrogen (secondary N) is 2. The summed E-state index contributed by atoms with van der Waals surface area (Å²) in [6.07, 6.45) is -2.21. The maximum atomic E-state index is 11.8. The molecule has 0 bridgehead atoms. The molecule has 1 saturated carbocycles. The topological polar surface area (TPSA) is 61.4 Å². The van der Waals surface area contributed by atoms with E-state index in [2.05, 4.69) is 5.32 Å². The minimum absolute atomic E-state index is 0.0292. The first-order chi connectivity index (χ1) is 7.88. The second-order valence-electron chi connectivity index (χ2n) is 4.28. The van der Waals surface area contributed by atoms with E-state index in [9.17, 15) is 23.1 Å². The van der Waals surface area contributed by atoms with Gasteiger partial charge in [0.1, 0.15) is 0 Å². The second-order valence-corrected chi connectivity index (χ2v) is 4.28. The van der Waals surface area contributed by atoms with Crippen molar-refractivity contribution in [1.82, 2.24) is 10.6 Å². The molecular formula is C10H17F3N2O2. The molecule has 0 heterocycles. The summed E-state index contributed by atoms with van der Waals surface area (Å²) in [5.74, 6) is -0.449. The standard InChI is InChI=1S/C10H17F3N2O2/c11-10(12,13)6-14-5-9(17)15-4-7-2-1-3-8(7)16/h7-8,14,16H,1-6H2,(H,15,17). The van der Waals surface area contributed by atoms with Gasteiger partial charge < -0.3 is 15.7 Å². The Morgan fingerprint density at radius 1 is 1.35 bits per heavy atom. The largest absolute Gasteiger partial charge is 0.401 e. The maximum Gasteiger partial charge on any atom is 0.401 e. The van der Waals surface area contributed by atoms with Gasteiger partial charge in [-0.15, -0.1) is 0 Å². The van der Waals surface area contributed by atoms with Crippen LogP contribution in [0.1, 0.15) is 19.3 Å². The average Bonchev–Trinajstić information content (AvgIpc) is 2.59. The Bertz CT molecular complexity index is 258. The molecule has 4 nitrogen and oxygen atoms in total. The van der Waals surface area contributed by atoms with Crippen molar-refractivity contribution in [2.75, 3.05) is 19.6 Å². The van der Waals surface area contributed by atoms with Crippen LogP contribution in [0.5, 0.6) is 0 Å². The van der Waals surface area contributed by atoms with Gasteiger partial charge >= 0.3 is 6.18 Å². The molecule has 2 unspecified atom stereocenters. The number of aliphatic hydroxyl groups is 1. The molecule has 0 radical (unpaired) electrons. The summed E-state index contributed by atoms with van der Waals surface area (Å²) in [6, 6.07) is 0. The van der Waals surface area contributed by atoms with E-state index in [0.717, 1.165) is 19.3 Å². The Morgan fingerprint density at radius 3 is 2.59 bits per heavy atom. The van der Waals surface area contributed by atoms with E-state index in [-0.39, 0.29) is 12.5 Å². The predicted molar refractivity (Wildman–Crippen MR) is 55.3 cm³/mol. The number of aliphatic hydroxyl groups excluding tert-OH is 1. The van der Waals surface area contributed by atoms with Crippen molar-refractivity contribution in [3.05, 3.63) is 0 Å². The third-order valence-electron chi connectivity index (χ3n) is 2.79. The van der Waals surface area contributed by atoms with Gasteiger partial charge in [-0.25, -0.2) is 0 Å². The summed E-state index contributed by atoms with van der Waals surface area (Å²) >= 11 is 0. The van der Waals surface area contributed by atoms with Gasteiger partial charge in [-0.3, -0.25) is 4.79 Å². The third kappa shape index (κ3) is 5.88. The number of hydrogen-bond donors (Lipinski definition) is 3. The van der Waals surface area contributed by atoms with E-state index in [1.807, 2.05) is 5.32 Å². The Kier molecular flexibility index (Phi) is 5.20. The number of amides is 1. The molecule has 0 saturated heterocycles. The summed E-state index contributed by atoms with van der Waals surface area (Å²) < 4.78 is 35.3. The highest BCUT2D eigenvalue weighted by atomic mass is 19.4. The first-order valence-electron chi connectivity index (χ1n) is 5.61. The molecular weight excluding hydrogens is 237 g/mol. The van der Waals surface area contributed by atoms with Gasteiger partial charge in [0.2, 0.25) is 5.91 Å². The Labute approximate surface area is 97.6 Å². The molecule has 1 amide bonds. The lowest BCUT2D eigenvalue weighted by atomic mass is 10.1. The zero-order valence-corrected chi connectivity index (χ0v) is 9.39. The van der Waals surface area contributed by atoms with Crippen LogP contribution in [-0.2, 0) is 4.79 Å². The van der Waals surface area contributed by atoms with Gasteiger partial charge in [0.05, 0.1) is 19.2 Å². The number of alkyl halides is 3. The number of carbonyl (C=O) groups excluding carboxylic acids is 1. The minimum Gasteiger partial charge on any atom is -0.393 e. The highest BCUT2D eigenvalue weighted by molar-refractivity contribution is 5.77. The first-order valence-corrected chi connectivity index (χ1v) is 5.61. The van der Waals surface area contributed by atoms with Crippen molar-refractivity contribution in [1.29, 1.82) is 0 Å². The van der Waals surface area contributed by atoms with E-state index in [1.165, 1.54) is 0 Å². The maximum absolute atomic E-state index is 11.8. The van der Waals surface area contributed by atoms with E-state index < -0.39 is 24.7 Å². The van der Waals surface area contributed by atoms with Crippen LogP contribution in [0, 0.1) is 5.92 Å². The highest BCUT2D eigenvalue weighted by Crippen LogP contribution is 2.24. The molecule has 100 valence electrons. The SMILES string of the molecule is O=C(CNCC(F)(F)F)NCC1CCCC1O. The lowest BCUT2D eigenvalue weighted by Gasteiger charge is -2.15. The highest BCUT2D eigenvalue weighted by Gasteiger charge is 2.27. The molecule has 1 rings (SSSR count). The Balaban J connectivity index is 2.09. The zero-order valence-electron chi connectivity index (χ0n) is 9.39. The molecule has 1 fully saturated rings. The lowest BCUT2D eigenvalue weighted by molar-refractivity contribution is -0.128. The van der Waals surface area contributed by atoms with Crippen LogP contribution in [-0.4, -0.2) is 42.9 Å². The van der Waals surface area contributed by atoms with E-state index >= 15 is 0 Å². The molecule has 0 aromatic heterocycles. The van der Waals surface area contributed by atoms with Gasteiger partial charge in [-0.2, -0.15) is 13.2 Å². The van der Waals surface area contributed by atoms with Gasteiger partial charge in [0.15, 0.2) is 0 Å². The quantitative estimate of drug-likeness (QED) is 0.666. The van der Waals surface area contributed by atoms with Gasteiger partial charge in [-0.1, -0.05) is 6.42 Å². The Morgan fingerprint density at radius 2 is 2.06 bits per heavy atom. The summed E-state index contributed by atoms with van der Waals surface area (Å²) in [4.78, 5) is 11.2. The molecule has 0 aromatic rings. The Hall–Kier alpha value is -0.820. The zero-order chi connectivity index (χ0) is 12.9. The fourth-order valence-electron chi connectivity index (χ4n) is 1.88. The third-order valence-corrected chi connectivity index (χ3v) is 2.79. The van der Waals surface area contributed by atoms with Crippen molar-refractivity contribution >= 4 is 5.91 Å². The van der Waals surface area contributed by atoms with Crippen LogP contribution in [0.15, 0.2) is 0 Å². The number of carbonyl (C=O) groups is 1. The van der Waals surface area contributed by atoms with Crippen molar-refractivity contribution < 1.29 is 23.1 Å². The molecule has 1 aliphatic rings. The van der Waals surface area contributed by atoms with Crippen LogP contribution >= 0.6 is 0 Å². The summed E-state index contributed by atoms with van der Waals surface area (Å²) in [6.45, 7) is -1.21. The lowest BCUT2D eigenvalue weighted by Crippen LogP contribution is -2.40. The monoisotopic (exact) mass is 254 g/mol. The number of rotatable bonds is 5. The molecule has 7 heteroatoms. The summed E-state index contributed by atoms with van der Waals surface area (Å²) in [5.41, 5.74) is 0.